The van der Waals surface area contributed by atoms with Crippen molar-refractivity contribution >= 4 is 82.5 Å². The predicted molar refractivity (Wildman–Crippen MR) is 240 cm³/mol. The number of hydrogen-bond donors (Lipinski definition) is 0. The molecule has 0 N–H and O–H groups in total. The molecule has 276 valence electrons. The molecule has 6 nitrogen and oxygen atoms in total. The number of oxazole rings is 1. The van der Waals surface area contributed by atoms with Gasteiger partial charge in [-0.05, 0) is 128 Å². The highest BCUT2D eigenvalue weighted by atomic mass is 16.3. The minimum absolute atomic E-state index is 0.536. The zero-order valence-corrected chi connectivity index (χ0v) is 31.6. The summed E-state index contributed by atoms with van der Waals surface area (Å²) in [5, 5.41) is 18.2. The molecule has 0 saturated heterocycles. The molecule has 6 heteroatoms. The van der Waals surface area contributed by atoms with Gasteiger partial charge in [0.15, 0.2) is 5.58 Å². The van der Waals surface area contributed by atoms with E-state index in [-0.39, 0.29) is 0 Å². The number of rotatable bonds is 6. The molecule has 0 saturated carbocycles. The number of benzene rings is 9. The van der Waals surface area contributed by atoms with Gasteiger partial charge in [0.1, 0.15) is 11.1 Å². The number of anilines is 3. The lowest BCUT2D eigenvalue weighted by molar-refractivity contribution is 0.620. The SMILES string of the molecule is c1ccc2cc(-c3ccc4c(ccc5cc(N(c6ccc(-c7cc8c(nn7)oc7ccccc78)cc6)c6ccc(-c7nc8ccccc8o7)cc6)ccc54)c3)ccc2c1. The second-order valence-electron chi connectivity index (χ2n) is 14.9. The molecule has 59 heavy (non-hydrogen) atoms. The van der Waals surface area contributed by atoms with Crippen LogP contribution in [0, 0.1) is 0 Å². The Morgan fingerprint density at radius 1 is 0.356 bits per heavy atom. The first-order chi connectivity index (χ1) is 29.2. The van der Waals surface area contributed by atoms with Crippen molar-refractivity contribution in [2.45, 2.75) is 0 Å². The molecule has 0 aliphatic heterocycles. The monoisotopic (exact) mass is 756 g/mol. The van der Waals surface area contributed by atoms with Crippen LogP contribution in [0.1, 0.15) is 0 Å². The van der Waals surface area contributed by atoms with Gasteiger partial charge in [0.25, 0.3) is 0 Å². The standard InChI is InChI=1S/C53H32N4O2/c1-2-8-36-29-37(14-13-33(36)7-1)38-21-27-44-39(30-38)15-16-40-31-43(26-28-45(40)44)57(42-24-19-35(20-25-42)52-54-48-10-4-6-12-51(48)59-52)41-22-17-34(18-23-41)49-32-47-46-9-3-5-11-50(46)58-53(47)56-55-49/h1-32H. The molecule has 12 rings (SSSR count). The number of aromatic nitrogens is 3. The van der Waals surface area contributed by atoms with Crippen molar-refractivity contribution in [3.05, 3.63) is 194 Å². The Morgan fingerprint density at radius 3 is 1.75 bits per heavy atom. The van der Waals surface area contributed by atoms with E-state index in [1.54, 1.807) is 0 Å². The molecule has 0 amide bonds. The summed E-state index contributed by atoms with van der Waals surface area (Å²) in [6.45, 7) is 0. The Kier molecular flexibility index (Phi) is 7.43. The van der Waals surface area contributed by atoms with Crippen LogP contribution in [0.25, 0.3) is 99.3 Å². The van der Waals surface area contributed by atoms with Gasteiger partial charge >= 0.3 is 0 Å². The topological polar surface area (TPSA) is 68.2 Å². The van der Waals surface area contributed by atoms with Crippen molar-refractivity contribution in [3.8, 4) is 33.8 Å². The summed E-state index contributed by atoms with van der Waals surface area (Å²) in [4.78, 5) is 7.02. The molecule has 0 aliphatic carbocycles. The molecule has 0 aliphatic rings. The molecule has 0 atom stereocenters. The second kappa shape index (κ2) is 13.3. The highest BCUT2D eigenvalue weighted by Crippen LogP contribution is 2.40. The Balaban J connectivity index is 0.934. The van der Waals surface area contributed by atoms with E-state index < -0.39 is 0 Å². The van der Waals surface area contributed by atoms with E-state index in [4.69, 9.17) is 13.8 Å². The molecule has 0 spiro atoms. The lowest BCUT2D eigenvalue weighted by Crippen LogP contribution is -2.10. The fourth-order valence-corrected chi connectivity index (χ4v) is 8.40. The molecular formula is C53H32N4O2. The number of furan rings is 1. The number of para-hydroxylation sites is 3. The molecule has 9 aromatic carbocycles. The predicted octanol–water partition coefficient (Wildman–Crippen LogP) is 14.4. The molecule has 0 radical (unpaired) electrons. The molecule has 3 heterocycles. The highest BCUT2D eigenvalue weighted by molar-refractivity contribution is 6.10. The van der Waals surface area contributed by atoms with Crippen molar-refractivity contribution in [1.29, 1.82) is 0 Å². The van der Waals surface area contributed by atoms with Gasteiger partial charge in [-0.1, -0.05) is 109 Å². The van der Waals surface area contributed by atoms with E-state index in [1.165, 1.54) is 38.1 Å². The zero-order chi connectivity index (χ0) is 38.9. The minimum atomic E-state index is 0.536. The van der Waals surface area contributed by atoms with Crippen molar-refractivity contribution in [1.82, 2.24) is 15.2 Å². The maximum Gasteiger partial charge on any atom is 0.247 e. The van der Waals surface area contributed by atoms with Crippen LogP contribution in [0.5, 0.6) is 0 Å². The first kappa shape index (κ1) is 33.1. The first-order valence-corrected chi connectivity index (χ1v) is 19.7. The maximum atomic E-state index is 6.12. The summed E-state index contributed by atoms with van der Waals surface area (Å²) in [6.07, 6.45) is 0. The zero-order valence-electron chi connectivity index (χ0n) is 31.6. The average Bonchev–Trinajstić information content (AvgIpc) is 3.91. The van der Waals surface area contributed by atoms with Gasteiger partial charge in [0.05, 0.1) is 11.1 Å². The smallest absolute Gasteiger partial charge is 0.247 e. The van der Waals surface area contributed by atoms with E-state index in [1.807, 2.05) is 42.5 Å². The van der Waals surface area contributed by atoms with Gasteiger partial charge in [-0.3, -0.25) is 0 Å². The molecule has 0 bridgehead atoms. The van der Waals surface area contributed by atoms with Crippen LogP contribution in [0.3, 0.4) is 0 Å². The minimum Gasteiger partial charge on any atom is -0.436 e. The fourth-order valence-electron chi connectivity index (χ4n) is 8.40. The van der Waals surface area contributed by atoms with Crippen LogP contribution in [-0.2, 0) is 0 Å². The van der Waals surface area contributed by atoms with Gasteiger partial charge in [0.2, 0.25) is 11.6 Å². The Labute approximate surface area is 338 Å². The third-order valence-electron chi connectivity index (χ3n) is 11.4. The molecule has 0 fully saturated rings. The van der Waals surface area contributed by atoms with Crippen molar-refractivity contribution in [3.63, 3.8) is 0 Å². The number of fused-ring (bicyclic) bond motifs is 8. The lowest BCUT2D eigenvalue weighted by Gasteiger charge is -2.26. The molecule has 12 aromatic rings. The van der Waals surface area contributed by atoms with E-state index >= 15 is 0 Å². The largest absolute Gasteiger partial charge is 0.436 e. The third-order valence-corrected chi connectivity index (χ3v) is 11.4. The van der Waals surface area contributed by atoms with Gasteiger partial charge in [-0.2, -0.15) is 0 Å². The van der Waals surface area contributed by atoms with Crippen molar-refractivity contribution < 1.29 is 8.83 Å². The second-order valence-corrected chi connectivity index (χ2v) is 14.9. The molecule has 3 aromatic heterocycles. The highest BCUT2D eigenvalue weighted by Gasteiger charge is 2.17. The Bertz CT molecular complexity index is 3540. The summed E-state index contributed by atoms with van der Waals surface area (Å²) in [6, 6.07) is 68.0. The summed E-state index contributed by atoms with van der Waals surface area (Å²) < 4.78 is 12.1. The van der Waals surface area contributed by atoms with Crippen LogP contribution in [0.4, 0.5) is 17.1 Å². The molecular weight excluding hydrogens is 725 g/mol. The lowest BCUT2D eigenvalue weighted by atomic mass is 9.96. The summed E-state index contributed by atoms with van der Waals surface area (Å²) in [7, 11) is 0. The van der Waals surface area contributed by atoms with Gasteiger partial charge in [0, 0.05) is 33.6 Å². The van der Waals surface area contributed by atoms with Crippen LogP contribution in [0.2, 0.25) is 0 Å². The Hall–Kier alpha value is -8.09. The van der Waals surface area contributed by atoms with Gasteiger partial charge in [-0.15, -0.1) is 10.2 Å². The van der Waals surface area contributed by atoms with Gasteiger partial charge < -0.3 is 13.7 Å². The van der Waals surface area contributed by atoms with Crippen LogP contribution in [0.15, 0.2) is 203 Å². The molecule has 0 unspecified atom stereocenters. The number of nitrogens with zero attached hydrogens (tertiary/aromatic N) is 4. The van der Waals surface area contributed by atoms with Crippen molar-refractivity contribution in [2.75, 3.05) is 4.90 Å². The van der Waals surface area contributed by atoms with E-state index in [0.717, 1.165) is 66.7 Å². The van der Waals surface area contributed by atoms with Crippen molar-refractivity contribution in [2.24, 2.45) is 0 Å². The van der Waals surface area contributed by atoms with Crippen LogP contribution >= 0.6 is 0 Å². The summed E-state index contributed by atoms with van der Waals surface area (Å²) in [5.41, 5.74) is 11.1. The number of hydrogen-bond acceptors (Lipinski definition) is 6. The summed E-state index contributed by atoms with van der Waals surface area (Å²) in [5.74, 6) is 0.596. The third kappa shape index (κ3) is 5.69. The van der Waals surface area contributed by atoms with Gasteiger partial charge in [-0.25, -0.2) is 4.98 Å². The average molecular weight is 757 g/mol. The normalized spacial score (nSPS) is 11.7. The Morgan fingerprint density at radius 2 is 0.949 bits per heavy atom. The van der Waals surface area contributed by atoms with E-state index in [2.05, 4.69) is 167 Å². The van der Waals surface area contributed by atoms with Crippen LogP contribution in [-0.4, -0.2) is 15.2 Å². The van der Waals surface area contributed by atoms with Crippen LogP contribution < -0.4 is 4.90 Å². The quantitative estimate of drug-likeness (QED) is 0.157. The summed E-state index contributed by atoms with van der Waals surface area (Å²) >= 11 is 0. The first-order valence-electron chi connectivity index (χ1n) is 19.7. The maximum absolute atomic E-state index is 6.12. The fraction of sp³-hybridized carbons (Fsp3) is 0. The van der Waals surface area contributed by atoms with E-state index in [0.29, 0.717) is 11.6 Å². The van der Waals surface area contributed by atoms with E-state index in [9.17, 15) is 0 Å².